The molecule has 8 heteroatoms. The van der Waals surface area contributed by atoms with Gasteiger partial charge in [0.2, 0.25) is 5.91 Å². The Bertz CT molecular complexity index is 787. The van der Waals surface area contributed by atoms with Crippen molar-refractivity contribution in [2.24, 2.45) is 0 Å². The number of likely N-dealkylation sites (N-methyl/N-ethyl adjacent to an activating group) is 1. The molecular weight excluding hydrogens is 362 g/mol. The molecular formula is C20H25N3O5. The molecule has 1 atom stereocenters. The van der Waals surface area contributed by atoms with E-state index >= 15 is 0 Å². The number of carbonyl (C=O) groups excluding carboxylic acids is 2. The first kappa shape index (κ1) is 21.4. The fourth-order valence-corrected chi connectivity index (χ4v) is 3.18. The molecule has 0 saturated carbocycles. The Labute approximate surface area is 164 Å². The fourth-order valence-electron chi connectivity index (χ4n) is 3.18. The van der Waals surface area contributed by atoms with Crippen molar-refractivity contribution in [3.8, 4) is 11.8 Å². The number of hydrogen-bond donors (Lipinski definition) is 1. The zero-order valence-electron chi connectivity index (χ0n) is 16.2. The monoisotopic (exact) mass is 387 g/mol. The minimum absolute atomic E-state index is 0.0143. The second kappa shape index (κ2) is 9.85. The Morgan fingerprint density at radius 2 is 2.07 bits per heavy atom. The molecule has 2 rings (SSSR count). The van der Waals surface area contributed by atoms with E-state index in [-0.39, 0.29) is 37.2 Å². The van der Waals surface area contributed by atoms with Gasteiger partial charge in [0.1, 0.15) is 12.2 Å². The van der Waals surface area contributed by atoms with Crippen LogP contribution in [-0.4, -0.2) is 65.9 Å². The van der Waals surface area contributed by atoms with Crippen LogP contribution in [0.5, 0.6) is 5.75 Å². The van der Waals surface area contributed by atoms with Gasteiger partial charge >= 0.3 is 5.97 Å². The molecule has 28 heavy (non-hydrogen) atoms. The van der Waals surface area contributed by atoms with E-state index in [1.165, 1.54) is 0 Å². The van der Waals surface area contributed by atoms with Gasteiger partial charge in [-0.25, -0.2) is 0 Å². The smallest absolute Gasteiger partial charge is 0.306 e. The SMILES string of the molecule is CCC(=O)c1ccc(C2CN(C(=O)CC#N)CCN2C)c(OCCC(=O)O)c1. The van der Waals surface area contributed by atoms with E-state index in [1.54, 1.807) is 30.0 Å². The maximum absolute atomic E-state index is 12.1. The first-order valence-electron chi connectivity index (χ1n) is 9.24. The number of rotatable bonds is 8. The van der Waals surface area contributed by atoms with Crippen molar-refractivity contribution in [3.63, 3.8) is 0 Å². The molecule has 1 N–H and O–H groups in total. The van der Waals surface area contributed by atoms with Crippen LogP contribution in [0.1, 0.15) is 48.1 Å². The van der Waals surface area contributed by atoms with Crippen molar-refractivity contribution >= 4 is 17.7 Å². The maximum Gasteiger partial charge on any atom is 0.306 e. The summed E-state index contributed by atoms with van der Waals surface area (Å²) in [6.07, 6.45) is 0.0364. The number of benzene rings is 1. The normalized spacial score (nSPS) is 17.0. The number of ether oxygens (including phenoxy) is 1. The minimum atomic E-state index is -0.967. The molecule has 1 aromatic rings. The summed E-state index contributed by atoms with van der Waals surface area (Å²) in [5.41, 5.74) is 1.29. The lowest BCUT2D eigenvalue weighted by molar-refractivity contribution is -0.137. The molecule has 1 aromatic carbocycles. The summed E-state index contributed by atoms with van der Waals surface area (Å²) < 4.78 is 5.71. The van der Waals surface area contributed by atoms with Crippen LogP contribution in [0.25, 0.3) is 0 Å². The van der Waals surface area contributed by atoms with Crippen LogP contribution in [0.2, 0.25) is 0 Å². The highest BCUT2D eigenvalue weighted by Gasteiger charge is 2.30. The van der Waals surface area contributed by atoms with Crippen LogP contribution in [0, 0.1) is 11.3 Å². The average molecular weight is 387 g/mol. The van der Waals surface area contributed by atoms with Crippen molar-refractivity contribution < 1.29 is 24.2 Å². The number of Topliss-reactive ketones (excluding diaryl/α,β-unsaturated/α-hetero) is 1. The Morgan fingerprint density at radius 3 is 2.71 bits per heavy atom. The third kappa shape index (κ3) is 5.30. The van der Waals surface area contributed by atoms with Gasteiger partial charge in [-0.3, -0.25) is 19.3 Å². The first-order chi connectivity index (χ1) is 13.4. The number of aliphatic carboxylic acids is 1. The van der Waals surface area contributed by atoms with Gasteiger partial charge < -0.3 is 14.7 Å². The van der Waals surface area contributed by atoms with Gasteiger partial charge in [-0.15, -0.1) is 0 Å². The molecule has 1 aliphatic rings. The summed E-state index contributed by atoms with van der Waals surface area (Å²) in [5.74, 6) is -0.762. The highest BCUT2D eigenvalue weighted by Crippen LogP contribution is 2.33. The molecule has 1 heterocycles. The lowest BCUT2D eigenvalue weighted by Crippen LogP contribution is -2.49. The van der Waals surface area contributed by atoms with Crippen LogP contribution in [-0.2, 0) is 9.59 Å². The second-order valence-corrected chi connectivity index (χ2v) is 6.69. The van der Waals surface area contributed by atoms with Crippen molar-refractivity contribution in [3.05, 3.63) is 29.3 Å². The number of carbonyl (C=O) groups is 3. The lowest BCUT2D eigenvalue weighted by atomic mass is 9.98. The number of amides is 1. The molecule has 0 radical (unpaired) electrons. The van der Waals surface area contributed by atoms with E-state index in [1.807, 2.05) is 13.1 Å². The quantitative estimate of drug-likeness (QED) is 0.678. The van der Waals surface area contributed by atoms with Gasteiger partial charge in [0.15, 0.2) is 5.78 Å². The van der Waals surface area contributed by atoms with Crippen molar-refractivity contribution in [1.82, 2.24) is 9.80 Å². The summed E-state index contributed by atoms with van der Waals surface area (Å²) in [5, 5.41) is 17.7. The molecule has 8 nitrogen and oxygen atoms in total. The van der Waals surface area contributed by atoms with Crippen LogP contribution in [0.15, 0.2) is 18.2 Å². The largest absolute Gasteiger partial charge is 0.493 e. The van der Waals surface area contributed by atoms with E-state index in [4.69, 9.17) is 15.1 Å². The lowest BCUT2D eigenvalue weighted by Gasteiger charge is -2.40. The van der Waals surface area contributed by atoms with E-state index in [9.17, 15) is 14.4 Å². The number of piperazine rings is 1. The summed E-state index contributed by atoms with van der Waals surface area (Å²) in [6, 6.07) is 6.89. The summed E-state index contributed by atoms with van der Waals surface area (Å²) >= 11 is 0. The summed E-state index contributed by atoms with van der Waals surface area (Å²) in [6.45, 7) is 3.32. The van der Waals surface area contributed by atoms with Crippen molar-refractivity contribution in [2.75, 3.05) is 33.3 Å². The third-order valence-electron chi connectivity index (χ3n) is 4.82. The minimum Gasteiger partial charge on any atom is -0.493 e. The highest BCUT2D eigenvalue weighted by atomic mass is 16.5. The molecule has 1 unspecified atom stereocenters. The maximum atomic E-state index is 12.1. The molecule has 0 aromatic heterocycles. The van der Waals surface area contributed by atoms with Gasteiger partial charge in [0, 0.05) is 37.2 Å². The fraction of sp³-hybridized carbons (Fsp3) is 0.500. The van der Waals surface area contributed by atoms with Crippen molar-refractivity contribution in [1.29, 1.82) is 5.26 Å². The van der Waals surface area contributed by atoms with Gasteiger partial charge in [-0.2, -0.15) is 5.26 Å². The highest BCUT2D eigenvalue weighted by molar-refractivity contribution is 5.96. The van der Waals surface area contributed by atoms with Crippen LogP contribution < -0.4 is 4.74 Å². The summed E-state index contributed by atoms with van der Waals surface area (Å²) in [7, 11) is 1.93. The summed E-state index contributed by atoms with van der Waals surface area (Å²) in [4.78, 5) is 38.8. The molecule has 1 aliphatic heterocycles. The predicted octanol–water partition coefficient (Wildman–Crippen LogP) is 1.86. The number of hydrogen-bond acceptors (Lipinski definition) is 6. The Morgan fingerprint density at radius 1 is 1.32 bits per heavy atom. The van der Waals surface area contributed by atoms with Crippen molar-refractivity contribution in [2.45, 2.75) is 32.2 Å². The number of ketones is 1. The number of carboxylic acids is 1. The zero-order valence-corrected chi connectivity index (χ0v) is 16.2. The standard InChI is InChI=1S/C20H25N3O5/c1-3-17(24)14-4-5-15(18(12-14)28-11-7-20(26)27)16-13-23(10-9-22(16)2)19(25)6-8-21/h4-5,12,16H,3,6-7,9-11,13H2,1-2H3,(H,26,27). The number of nitrogens with zero attached hydrogens (tertiary/aromatic N) is 3. The number of carboxylic acid groups (broad SMARTS) is 1. The molecule has 150 valence electrons. The average Bonchev–Trinajstić information content (AvgIpc) is 2.67. The Kier molecular flexibility index (Phi) is 7.52. The molecule has 0 bridgehead atoms. The van der Waals surface area contributed by atoms with E-state index < -0.39 is 5.97 Å². The van der Waals surface area contributed by atoms with E-state index in [0.717, 1.165) is 5.56 Å². The Balaban J connectivity index is 2.32. The number of nitriles is 1. The van der Waals surface area contributed by atoms with Gasteiger partial charge in [0.25, 0.3) is 0 Å². The van der Waals surface area contributed by atoms with Gasteiger partial charge in [0.05, 0.1) is 25.1 Å². The first-order valence-corrected chi connectivity index (χ1v) is 9.24. The van der Waals surface area contributed by atoms with Crippen LogP contribution >= 0.6 is 0 Å². The molecule has 1 fully saturated rings. The molecule has 1 saturated heterocycles. The van der Waals surface area contributed by atoms with E-state index in [2.05, 4.69) is 4.90 Å². The zero-order chi connectivity index (χ0) is 20.7. The second-order valence-electron chi connectivity index (χ2n) is 6.69. The third-order valence-corrected chi connectivity index (χ3v) is 4.82. The Hall–Kier alpha value is -2.92. The van der Waals surface area contributed by atoms with Crippen LogP contribution in [0.3, 0.4) is 0 Å². The predicted molar refractivity (Wildman–Crippen MR) is 101 cm³/mol. The van der Waals surface area contributed by atoms with E-state index in [0.29, 0.717) is 37.4 Å². The topological polar surface area (TPSA) is 111 Å². The molecule has 1 amide bonds. The molecule has 0 spiro atoms. The van der Waals surface area contributed by atoms with Crippen LogP contribution in [0.4, 0.5) is 0 Å². The van der Waals surface area contributed by atoms with Gasteiger partial charge in [-0.05, 0) is 13.1 Å². The van der Waals surface area contributed by atoms with Gasteiger partial charge in [-0.1, -0.05) is 19.1 Å². The molecule has 0 aliphatic carbocycles.